The predicted molar refractivity (Wildman–Crippen MR) is 330 cm³/mol. The molecule has 0 radical (unpaired) electrons. The fourth-order valence-electron chi connectivity index (χ4n) is 13.0. The third-order valence-electron chi connectivity index (χ3n) is 16.9. The van der Waals surface area contributed by atoms with Crippen LogP contribution in [0.15, 0.2) is 267 Å². The quantitative estimate of drug-likeness (QED) is 0.149. The lowest BCUT2D eigenvalue weighted by Crippen LogP contribution is -2.15. The summed E-state index contributed by atoms with van der Waals surface area (Å²) in [6.45, 7) is 4.68. The number of hydrogen-bond donors (Lipinski definition) is 0. The maximum atomic E-state index is 5.49. The second-order valence-corrected chi connectivity index (χ2v) is 21.7. The largest absolute Gasteiger partial charge is 0.309 e. The summed E-state index contributed by atoms with van der Waals surface area (Å²) in [7, 11) is 0. The molecule has 0 unspecified atom stereocenters. The Morgan fingerprint density at radius 2 is 0.747 bits per heavy atom. The van der Waals surface area contributed by atoms with Crippen LogP contribution in [0.2, 0.25) is 0 Å². The van der Waals surface area contributed by atoms with Gasteiger partial charge in [0.1, 0.15) is 0 Å². The standard InChI is InChI=1S/C75H50N4/c1-75(2)66-25-15-14-24-59(66)60-36-29-55(46-67(60)75)72-61-37-28-49-20-12-13-23-58(49)73(61)77-74(76-72)50-26-34-57(35-27-50)79-70-39-31-52(48-18-8-4-9-19-48)43-63(70)65-45-54(33-41-71(65)79)53-32-40-69-64(44-53)62-42-51(47-16-6-3-7-17-47)30-38-68(62)78(69)56-21-10-5-11-22-56/h3-46H,1-2H3. The molecular formula is C75H50N4. The molecule has 0 amide bonds. The zero-order chi connectivity index (χ0) is 52.3. The van der Waals surface area contributed by atoms with E-state index in [9.17, 15) is 0 Å². The summed E-state index contributed by atoms with van der Waals surface area (Å²) in [6.07, 6.45) is 0. The first-order chi connectivity index (χ1) is 38.9. The van der Waals surface area contributed by atoms with Crippen molar-refractivity contribution in [3.63, 3.8) is 0 Å². The van der Waals surface area contributed by atoms with Crippen LogP contribution in [0.4, 0.5) is 0 Å². The molecule has 0 saturated heterocycles. The van der Waals surface area contributed by atoms with Gasteiger partial charge in [0.05, 0.1) is 33.3 Å². The Labute approximate surface area is 457 Å². The van der Waals surface area contributed by atoms with Gasteiger partial charge >= 0.3 is 0 Å². The Balaban J connectivity index is 0.841. The van der Waals surface area contributed by atoms with Gasteiger partial charge in [-0.05, 0) is 158 Å². The monoisotopic (exact) mass is 1010 g/mol. The van der Waals surface area contributed by atoms with Gasteiger partial charge in [0.2, 0.25) is 0 Å². The van der Waals surface area contributed by atoms with Crippen LogP contribution in [0.5, 0.6) is 0 Å². The maximum absolute atomic E-state index is 5.49. The third-order valence-corrected chi connectivity index (χ3v) is 16.9. The summed E-state index contributed by atoms with van der Waals surface area (Å²) in [5, 5.41) is 8.17. The van der Waals surface area contributed by atoms with Crippen LogP contribution in [0.1, 0.15) is 25.0 Å². The summed E-state index contributed by atoms with van der Waals surface area (Å²) < 4.78 is 4.82. The zero-order valence-corrected chi connectivity index (χ0v) is 43.7. The van der Waals surface area contributed by atoms with Gasteiger partial charge in [-0.2, -0.15) is 0 Å². The first-order valence-corrected chi connectivity index (χ1v) is 27.3. The van der Waals surface area contributed by atoms with Gasteiger partial charge in [0, 0.05) is 60.2 Å². The van der Waals surface area contributed by atoms with Gasteiger partial charge in [0.25, 0.3) is 0 Å². The van der Waals surface area contributed by atoms with E-state index in [1.165, 1.54) is 88.2 Å². The van der Waals surface area contributed by atoms with Gasteiger partial charge in [-0.25, -0.2) is 9.97 Å². The summed E-state index contributed by atoms with van der Waals surface area (Å²) >= 11 is 0. The molecule has 79 heavy (non-hydrogen) atoms. The highest BCUT2D eigenvalue weighted by molar-refractivity contribution is 6.14. The van der Waals surface area contributed by atoms with Crippen molar-refractivity contribution in [2.75, 3.05) is 0 Å². The first-order valence-electron chi connectivity index (χ1n) is 27.3. The molecule has 0 spiro atoms. The second kappa shape index (κ2) is 17.4. The predicted octanol–water partition coefficient (Wildman–Crippen LogP) is 19.6. The normalized spacial score (nSPS) is 12.8. The molecule has 15 aromatic rings. The Bertz CT molecular complexity index is 4950. The molecule has 3 aromatic heterocycles. The minimum atomic E-state index is -0.138. The Morgan fingerprint density at radius 1 is 0.291 bits per heavy atom. The van der Waals surface area contributed by atoms with Crippen molar-refractivity contribution >= 4 is 65.3 Å². The molecule has 4 nitrogen and oxygen atoms in total. The van der Waals surface area contributed by atoms with Crippen molar-refractivity contribution in [2.24, 2.45) is 0 Å². The molecule has 3 heterocycles. The average molecular weight is 1010 g/mol. The van der Waals surface area contributed by atoms with E-state index in [0.717, 1.165) is 60.9 Å². The van der Waals surface area contributed by atoms with Crippen LogP contribution >= 0.6 is 0 Å². The van der Waals surface area contributed by atoms with Crippen LogP contribution in [0.25, 0.3) is 144 Å². The van der Waals surface area contributed by atoms with Crippen molar-refractivity contribution < 1.29 is 0 Å². The summed E-state index contributed by atoms with van der Waals surface area (Å²) in [6, 6.07) is 97.5. The molecule has 4 heteroatoms. The molecule has 1 aliphatic carbocycles. The van der Waals surface area contributed by atoms with Gasteiger partial charge in [-0.1, -0.05) is 184 Å². The number of aromatic nitrogens is 4. The number of para-hydroxylation sites is 1. The van der Waals surface area contributed by atoms with Crippen LogP contribution in [-0.2, 0) is 5.41 Å². The number of benzene rings is 12. The Hall–Kier alpha value is -10.2. The van der Waals surface area contributed by atoms with E-state index in [4.69, 9.17) is 9.97 Å². The molecule has 0 N–H and O–H groups in total. The van der Waals surface area contributed by atoms with Crippen LogP contribution in [-0.4, -0.2) is 19.1 Å². The first kappa shape index (κ1) is 45.1. The molecule has 16 rings (SSSR count). The molecular weight excluding hydrogens is 957 g/mol. The van der Waals surface area contributed by atoms with Crippen molar-refractivity contribution in [1.82, 2.24) is 19.1 Å². The minimum Gasteiger partial charge on any atom is -0.309 e. The molecule has 0 atom stereocenters. The number of rotatable bonds is 7. The highest BCUT2D eigenvalue weighted by Crippen LogP contribution is 2.50. The fraction of sp³-hybridized carbons (Fsp3) is 0.0400. The lowest BCUT2D eigenvalue weighted by atomic mass is 9.81. The van der Waals surface area contributed by atoms with Crippen molar-refractivity contribution in [2.45, 2.75) is 19.3 Å². The zero-order valence-electron chi connectivity index (χ0n) is 43.7. The molecule has 0 saturated carbocycles. The lowest BCUT2D eigenvalue weighted by Gasteiger charge is -2.22. The van der Waals surface area contributed by atoms with Gasteiger partial charge in [-0.15, -0.1) is 0 Å². The molecule has 12 aromatic carbocycles. The topological polar surface area (TPSA) is 35.6 Å². The summed E-state index contributed by atoms with van der Waals surface area (Å²) in [5.41, 5.74) is 23.1. The van der Waals surface area contributed by atoms with Crippen LogP contribution in [0, 0.1) is 0 Å². The number of fused-ring (bicyclic) bond motifs is 12. The maximum Gasteiger partial charge on any atom is 0.160 e. The Kier molecular flexibility index (Phi) is 9.95. The van der Waals surface area contributed by atoms with E-state index in [1.54, 1.807) is 0 Å². The molecule has 1 aliphatic rings. The van der Waals surface area contributed by atoms with Crippen LogP contribution < -0.4 is 0 Å². The molecule has 0 aliphatic heterocycles. The second-order valence-electron chi connectivity index (χ2n) is 21.7. The van der Waals surface area contributed by atoms with E-state index in [0.29, 0.717) is 5.82 Å². The SMILES string of the molecule is CC1(C)c2ccccc2-c2ccc(-c3nc(-c4ccc(-n5c6ccc(-c7ccccc7)cc6c6cc(-c7ccc8c(c7)c7cc(-c9ccccc9)ccc7n8-c7ccccc7)ccc65)cc4)nc4c3ccc3ccccc34)cc21. The molecule has 0 fully saturated rings. The smallest absolute Gasteiger partial charge is 0.160 e. The van der Waals surface area contributed by atoms with Gasteiger partial charge in [0.15, 0.2) is 5.82 Å². The lowest BCUT2D eigenvalue weighted by molar-refractivity contribution is 0.660. The van der Waals surface area contributed by atoms with Crippen LogP contribution in [0.3, 0.4) is 0 Å². The van der Waals surface area contributed by atoms with E-state index in [-0.39, 0.29) is 5.41 Å². The summed E-state index contributed by atoms with van der Waals surface area (Å²) in [5.74, 6) is 0.702. The fourth-order valence-corrected chi connectivity index (χ4v) is 13.0. The van der Waals surface area contributed by atoms with E-state index in [2.05, 4.69) is 290 Å². The van der Waals surface area contributed by atoms with Crippen molar-refractivity contribution in [3.8, 4) is 78.5 Å². The number of nitrogens with zero attached hydrogens (tertiary/aromatic N) is 4. The van der Waals surface area contributed by atoms with E-state index >= 15 is 0 Å². The van der Waals surface area contributed by atoms with Crippen molar-refractivity contribution in [1.29, 1.82) is 0 Å². The Morgan fingerprint density at radius 3 is 1.33 bits per heavy atom. The highest BCUT2D eigenvalue weighted by Gasteiger charge is 2.35. The van der Waals surface area contributed by atoms with Gasteiger partial charge in [-0.3, -0.25) is 0 Å². The van der Waals surface area contributed by atoms with E-state index in [1.807, 2.05) is 0 Å². The molecule has 0 bridgehead atoms. The molecule has 370 valence electrons. The highest BCUT2D eigenvalue weighted by atomic mass is 15.0. The average Bonchev–Trinajstić information content (AvgIpc) is 4.28. The van der Waals surface area contributed by atoms with E-state index < -0.39 is 0 Å². The number of hydrogen-bond acceptors (Lipinski definition) is 2. The van der Waals surface area contributed by atoms with Crippen molar-refractivity contribution in [3.05, 3.63) is 278 Å². The minimum absolute atomic E-state index is 0.138. The summed E-state index contributed by atoms with van der Waals surface area (Å²) in [4.78, 5) is 10.9. The third kappa shape index (κ3) is 7.08. The van der Waals surface area contributed by atoms with Gasteiger partial charge < -0.3 is 9.13 Å².